The molecule has 35 heavy (non-hydrogen) atoms. The average Bonchev–Trinajstić information content (AvgIpc) is 2.81. The molecule has 1 aromatic heterocycles. The number of amides is 1. The highest BCUT2D eigenvalue weighted by Crippen LogP contribution is 2.27. The molecule has 188 valence electrons. The number of rotatable bonds is 5. The van der Waals surface area contributed by atoms with Crippen LogP contribution < -0.4 is 10.7 Å². The lowest BCUT2D eigenvalue weighted by Gasteiger charge is -2.35. The summed E-state index contributed by atoms with van der Waals surface area (Å²) in [6.45, 7) is 11.7. The summed E-state index contributed by atoms with van der Waals surface area (Å²) in [5.74, 6) is -0.431. The van der Waals surface area contributed by atoms with E-state index < -0.39 is 5.91 Å². The van der Waals surface area contributed by atoms with Gasteiger partial charge in [-0.25, -0.2) is 0 Å². The molecule has 0 radical (unpaired) electrons. The zero-order valence-electron chi connectivity index (χ0n) is 20.5. The number of morpholine rings is 1. The highest BCUT2D eigenvalue weighted by Gasteiger charge is 2.25. The van der Waals surface area contributed by atoms with Crippen molar-refractivity contribution in [3.63, 3.8) is 0 Å². The van der Waals surface area contributed by atoms with Crippen molar-refractivity contribution in [1.29, 1.82) is 0 Å². The third-order valence-corrected chi connectivity index (χ3v) is 6.74. The molecular weight excluding hydrogens is 487 g/mol. The van der Waals surface area contributed by atoms with Crippen molar-refractivity contribution in [2.75, 3.05) is 32.8 Å². The molecule has 0 saturated carbocycles. The molecule has 1 unspecified atom stereocenters. The van der Waals surface area contributed by atoms with Crippen LogP contribution in [0.4, 0.5) is 0 Å². The van der Waals surface area contributed by atoms with Crippen LogP contribution in [-0.4, -0.2) is 43.7 Å². The quantitative estimate of drug-likeness (QED) is 0.497. The number of carbonyl (C=O) groups is 1. The van der Waals surface area contributed by atoms with E-state index >= 15 is 0 Å². The first-order chi connectivity index (χ1) is 16.1. The van der Waals surface area contributed by atoms with E-state index in [0.717, 1.165) is 24.2 Å². The summed E-state index contributed by atoms with van der Waals surface area (Å²) in [6, 6.07) is 13.0. The Morgan fingerprint density at radius 3 is 2.40 bits per heavy atom. The van der Waals surface area contributed by atoms with E-state index in [1.54, 1.807) is 12.1 Å². The maximum atomic E-state index is 13.0. The molecule has 1 amide bonds. The minimum Gasteiger partial charge on any atom is -0.451 e. The second kappa shape index (κ2) is 11.1. The number of nitrogens with one attached hydrogen (secondary N) is 1. The number of aryl methyl sites for hydroxylation is 1. The molecule has 4 rings (SSSR count). The van der Waals surface area contributed by atoms with Crippen LogP contribution in [-0.2, 0) is 10.2 Å². The van der Waals surface area contributed by atoms with Crippen molar-refractivity contribution < 1.29 is 13.9 Å². The third kappa shape index (κ3) is 6.25. The molecule has 0 aliphatic carbocycles. The lowest BCUT2D eigenvalue weighted by atomic mass is 9.86. The van der Waals surface area contributed by atoms with Gasteiger partial charge in [0.2, 0.25) is 0 Å². The molecule has 0 bridgehead atoms. The summed E-state index contributed by atoms with van der Waals surface area (Å²) in [6.07, 6.45) is 0. The van der Waals surface area contributed by atoms with Crippen molar-refractivity contribution in [3.8, 4) is 0 Å². The van der Waals surface area contributed by atoms with Crippen LogP contribution in [0.1, 0.15) is 54.1 Å². The van der Waals surface area contributed by atoms with Crippen molar-refractivity contribution in [1.82, 2.24) is 10.2 Å². The zero-order chi connectivity index (χ0) is 24.5. The monoisotopic (exact) mass is 518 g/mol. The Morgan fingerprint density at radius 1 is 1.11 bits per heavy atom. The fourth-order valence-corrected chi connectivity index (χ4v) is 4.38. The topological polar surface area (TPSA) is 71.8 Å². The van der Waals surface area contributed by atoms with Crippen molar-refractivity contribution in [2.45, 2.75) is 39.2 Å². The van der Waals surface area contributed by atoms with Crippen LogP contribution in [0.5, 0.6) is 0 Å². The number of halogens is 2. The molecule has 1 aliphatic heterocycles. The van der Waals surface area contributed by atoms with Gasteiger partial charge in [0.05, 0.1) is 24.6 Å². The van der Waals surface area contributed by atoms with Gasteiger partial charge < -0.3 is 14.5 Å². The summed E-state index contributed by atoms with van der Waals surface area (Å²) in [4.78, 5) is 27.9. The van der Waals surface area contributed by atoms with Crippen LogP contribution in [0.3, 0.4) is 0 Å². The molecule has 8 heteroatoms. The van der Waals surface area contributed by atoms with Crippen LogP contribution in [0.25, 0.3) is 11.0 Å². The molecule has 1 fully saturated rings. The van der Waals surface area contributed by atoms with Crippen molar-refractivity contribution in [2.24, 2.45) is 0 Å². The number of carbonyl (C=O) groups excluding carboxylic acids is 1. The highest BCUT2D eigenvalue weighted by molar-refractivity contribution is 6.32. The Hall–Kier alpha value is -2.38. The van der Waals surface area contributed by atoms with E-state index in [0.29, 0.717) is 35.8 Å². The van der Waals surface area contributed by atoms with Gasteiger partial charge in [-0.3, -0.25) is 14.5 Å². The first-order valence-corrected chi connectivity index (χ1v) is 12.0. The third-order valence-electron chi connectivity index (χ3n) is 6.34. The predicted molar refractivity (Wildman–Crippen MR) is 142 cm³/mol. The lowest BCUT2D eigenvalue weighted by molar-refractivity contribution is 0.0161. The minimum atomic E-state index is -0.420. The molecule has 2 aromatic carbocycles. The second-order valence-corrected chi connectivity index (χ2v) is 10.2. The molecule has 2 heterocycles. The van der Waals surface area contributed by atoms with E-state index in [1.807, 2.05) is 6.92 Å². The fourth-order valence-electron chi connectivity index (χ4n) is 4.22. The van der Waals surface area contributed by atoms with E-state index in [1.165, 1.54) is 11.6 Å². The Kier molecular flexibility index (Phi) is 8.65. The molecule has 6 nitrogen and oxygen atoms in total. The number of ether oxygens (including phenoxy) is 1. The Morgan fingerprint density at radius 2 is 1.77 bits per heavy atom. The predicted octanol–water partition coefficient (Wildman–Crippen LogP) is 5.28. The average molecular weight is 519 g/mol. The molecule has 1 aliphatic rings. The smallest absolute Gasteiger partial charge is 0.287 e. The van der Waals surface area contributed by atoms with Gasteiger partial charge in [0.15, 0.2) is 11.2 Å². The molecular formula is C27H32Cl2N2O4. The van der Waals surface area contributed by atoms with Crippen molar-refractivity contribution in [3.05, 3.63) is 80.2 Å². The molecule has 1 N–H and O–H groups in total. The number of nitrogens with zero attached hydrogens (tertiary/aromatic N) is 1. The van der Waals surface area contributed by atoms with Crippen LogP contribution in [0.15, 0.2) is 51.7 Å². The van der Waals surface area contributed by atoms with Gasteiger partial charge in [-0.2, -0.15) is 0 Å². The minimum absolute atomic E-state index is 0. The van der Waals surface area contributed by atoms with E-state index in [2.05, 4.69) is 55.3 Å². The Labute approximate surface area is 217 Å². The molecule has 3 aromatic rings. The lowest BCUT2D eigenvalue weighted by Crippen LogP contribution is -2.43. The molecule has 0 spiro atoms. The molecule has 1 atom stereocenters. The van der Waals surface area contributed by atoms with Crippen LogP contribution in [0, 0.1) is 6.92 Å². The molecule has 1 saturated heterocycles. The second-order valence-electron chi connectivity index (χ2n) is 9.82. The number of fused-ring (bicyclic) bond motifs is 1. The highest BCUT2D eigenvalue weighted by atomic mass is 35.5. The van der Waals surface area contributed by atoms with E-state index in [-0.39, 0.29) is 35.1 Å². The number of benzene rings is 2. The summed E-state index contributed by atoms with van der Waals surface area (Å²) < 4.78 is 11.3. The van der Waals surface area contributed by atoms with Gasteiger partial charge >= 0.3 is 0 Å². The SMILES string of the molecule is Cc1cc2oc(C(=O)NCC(c3ccc(C(C)(C)C)cc3)N3CCOCC3)cc(=O)c2cc1Cl.Cl. The number of hydrogen-bond acceptors (Lipinski definition) is 5. The van der Waals surface area contributed by atoms with Gasteiger partial charge in [-0.15, -0.1) is 12.4 Å². The maximum Gasteiger partial charge on any atom is 0.287 e. The fraction of sp³-hybridized carbons (Fsp3) is 0.407. The largest absolute Gasteiger partial charge is 0.451 e. The van der Waals surface area contributed by atoms with Gasteiger partial charge in [0, 0.05) is 30.7 Å². The Bertz CT molecular complexity index is 1240. The van der Waals surface area contributed by atoms with E-state index in [9.17, 15) is 9.59 Å². The van der Waals surface area contributed by atoms with Gasteiger partial charge in [-0.05, 0) is 41.2 Å². The normalized spacial score (nSPS) is 15.5. The number of hydrogen-bond donors (Lipinski definition) is 1. The van der Waals surface area contributed by atoms with E-state index in [4.69, 9.17) is 20.8 Å². The summed E-state index contributed by atoms with van der Waals surface area (Å²) in [5, 5.41) is 3.82. The van der Waals surface area contributed by atoms with Gasteiger partial charge in [-0.1, -0.05) is 56.6 Å². The van der Waals surface area contributed by atoms with Crippen LogP contribution >= 0.6 is 24.0 Å². The Balaban J connectivity index is 0.00000342. The zero-order valence-corrected chi connectivity index (χ0v) is 22.1. The van der Waals surface area contributed by atoms with Crippen molar-refractivity contribution >= 4 is 40.9 Å². The maximum absolute atomic E-state index is 13.0. The van der Waals surface area contributed by atoms with Gasteiger partial charge in [0.25, 0.3) is 5.91 Å². The first kappa shape index (κ1) is 27.2. The standard InChI is InChI=1S/C27H31ClN2O4.ClH/c1-17-13-24-20(14-21(17)28)23(31)15-25(34-24)26(32)29-16-22(30-9-11-33-12-10-30)18-5-7-19(8-6-18)27(2,3)4;/h5-8,13-15,22H,9-12,16H2,1-4H3,(H,29,32);1H. The summed E-state index contributed by atoms with van der Waals surface area (Å²) in [5.41, 5.74) is 3.28. The summed E-state index contributed by atoms with van der Waals surface area (Å²) >= 11 is 6.14. The van der Waals surface area contributed by atoms with Gasteiger partial charge in [0.1, 0.15) is 5.58 Å². The first-order valence-electron chi connectivity index (χ1n) is 11.6. The summed E-state index contributed by atoms with van der Waals surface area (Å²) in [7, 11) is 0. The van der Waals surface area contributed by atoms with Crippen LogP contribution in [0.2, 0.25) is 5.02 Å².